The van der Waals surface area contributed by atoms with Crippen LogP contribution in [0.15, 0.2) is 84.9 Å². The van der Waals surface area contributed by atoms with Gasteiger partial charge in [0.1, 0.15) is 11.5 Å². The summed E-state index contributed by atoms with van der Waals surface area (Å²) in [6.07, 6.45) is 0. The van der Waals surface area contributed by atoms with Gasteiger partial charge in [0.05, 0.1) is 0 Å². The molecule has 0 bridgehead atoms. The molecule has 2 nitrogen and oxygen atoms in total. The molecule has 0 aromatic heterocycles. The first-order valence-corrected chi connectivity index (χ1v) is 9.33. The first-order valence-electron chi connectivity index (χ1n) is 9.33. The van der Waals surface area contributed by atoms with Crippen molar-refractivity contribution >= 4 is 29.1 Å². The van der Waals surface area contributed by atoms with Gasteiger partial charge in [-0.05, 0) is 35.4 Å². The molecular formula is C24H14BNO. The highest BCUT2D eigenvalue weighted by Crippen LogP contribution is 2.49. The second kappa shape index (κ2) is 4.63. The Kier molecular flexibility index (Phi) is 2.35. The summed E-state index contributed by atoms with van der Waals surface area (Å²) >= 11 is 0. The fraction of sp³-hybridized carbons (Fsp3) is 0. The summed E-state index contributed by atoms with van der Waals surface area (Å²) in [5.41, 5.74) is 10.2. The lowest BCUT2D eigenvalue weighted by molar-refractivity contribution is 0.487. The zero-order chi connectivity index (χ0) is 17.5. The number of hydrogen-bond donors (Lipinski definition) is 0. The predicted molar refractivity (Wildman–Crippen MR) is 111 cm³/mol. The average Bonchev–Trinajstić information content (AvgIpc) is 2.74. The van der Waals surface area contributed by atoms with Crippen LogP contribution in [0.5, 0.6) is 11.5 Å². The molecule has 124 valence electrons. The van der Waals surface area contributed by atoms with Crippen molar-refractivity contribution in [3.63, 3.8) is 0 Å². The Morgan fingerprint density at radius 3 is 1.56 bits per heavy atom. The van der Waals surface area contributed by atoms with Crippen molar-refractivity contribution < 1.29 is 4.74 Å². The molecule has 0 fully saturated rings. The lowest BCUT2D eigenvalue weighted by atomic mass is 9.42. The molecule has 0 spiro atoms. The van der Waals surface area contributed by atoms with Crippen LogP contribution < -0.4 is 20.5 Å². The Balaban J connectivity index is 1.70. The molecule has 4 aromatic rings. The Bertz CT molecular complexity index is 1180. The van der Waals surface area contributed by atoms with Crippen LogP contribution in [0.2, 0.25) is 0 Å². The summed E-state index contributed by atoms with van der Waals surface area (Å²) in [5.74, 6) is 1.95. The van der Waals surface area contributed by atoms with Crippen LogP contribution in [0, 0.1) is 0 Å². The van der Waals surface area contributed by atoms with Crippen molar-refractivity contribution in [3.8, 4) is 33.8 Å². The van der Waals surface area contributed by atoms with Crippen molar-refractivity contribution in [1.82, 2.24) is 0 Å². The molecule has 4 aromatic carbocycles. The summed E-state index contributed by atoms with van der Waals surface area (Å²) < 4.78 is 6.39. The molecule has 0 radical (unpaired) electrons. The van der Waals surface area contributed by atoms with E-state index in [4.69, 9.17) is 4.74 Å². The van der Waals surface area contributed by atoms with Crippen molar-refractivity contribution in [3.05, 3.63) is 84.9 Å². The highest BCUT2D eigenvalue weighted by atomic mass is 16.5. The number of rotatable bonds is 0. The van der Waals surface area contributed by atoms with E-state index in [9.17, 15) is 0 Å². The van der Waals surface area contributed by atoms with Gasteiger partial charge in [-0.2, -0.15) is 0 Å². The highest BCUT2D eigenvalue weighted by Gasteiger charge is 2.47. The van der Waals surface area contributed by atoms with Crippen LogP contribution in [0.25, 0.3) is 22.3 Å². The Labute approximate surface area is 157 Å². The fourth-order valence-corrected chi connectivity index (χ4v) is 5.05. The predicted octanol–water partition coefficient (Wildman–Crippen LogP) is 4.70. The van der Waals surface area contributed by atoms with Crippen LogP contribution in [0.1, 0.15) is 0 Å². The largest absolute Gasteiger partial charge is 0.458 e. The van der Waals surface area contributed by atoms with Gasteiger partial charge in [0.25, 0.3) is 0 Å². The van der Waals surface area contributed by atoms with E-state index in [2.05, 4.69) is 89.7 Å². The van der Waals surface area contributed by atoms with Gasteiger partial charge in [-0.3, -0.25) is 0 Å². The monoisotopic (exact) mass is 343 g/mol. The number of benzene rings is 4. The highest BCUT2D eigenvalue weighted by molar-refractivity contribution is 6.94. The van der Waals surface area contributed by atoms with E-state index in [1.54, 1.807) is 0 Å². The van der Waals surface area contributed by atoms with Gasteiger partial charge in [0.2, 0.25) is 0 Å². The lowest BCUT2D eigenvalue weighted by Gasteiger charge is -2.45. The van der Waals surface area contributed by atoms with Crippen LogP contribution in [-0.2, 0) is 0 Å². The molecule has 0 saturated heterocycles. The molecule has 0 amide bonds. The molecule has 0 N–H and O–H groups in total. The summed E-state index contributed by atoms with van der Waals surface area (Å²) in [4.78, 5) is 2.50. The van der Waals surface area contributed by atoms with Crippen LogP contribution in [0.3, 0.4) is 0 Å². The maximum atomic E-state index is 6.39. The third-order valence-electron chi connectivity index (χ3n) is 6.06. The second-order valence-corrected chi connectivity index (χ2v) is 7.34. The lowest BCUT2D eigenvalue weighted by Crippen LogP contribution is -2.61. The molecule has 0 aliphatic carbocycles. The molecule has 3 aliphatic rings. The van der Waals surface area contributed by atoms with Gasteiger partial charge in [-0.1, -0.05) is 60.7 Å². The fourth-order valence-electron chi connectivity index (χ4n) is 5.05. The van der Waals surface area contributed by atoms with E-state index in [-0.39, 0.29) is 6.85 Å². The van der Waals surface area contributed by atoms with E-state index >= 15 is 0 Å². The maximum absolute atomic E-state index is 6.39. The third kappa shape index (κ3) is 1.54. The normalized spacial score (nSPS) is 14.1. The van der Waals surface area contributed by atoms with Crippen molar-refractivity contribution in [1.29, 1.82) is 0 Å². The molecule has 27 heavy (non-hydrogen) atoms. The van der Waals surface area contributed by atoms with E-state index in [0.717, 1.165) is 11.5 Å². The van der Waals surface area contributed by atoms with Crippen LogP contribution in [0.4, 0.5) is 11.4 Å². The first kappa shape index (κ1) is 13.7. The summed E-state index contributed by atoms with van der Waals surface area (Å²) in [6.45, 7) is 0.154. The number of nitrogens with zero attached hydrogens (tertiary/aromatic N) is 1. The third-order valence-corrected chi connectivity index (χ3v) is 6.06. The standard InChI is InChI=1S/C24H14BNO/c1-3-11-19-15(7-1)17-9-5-13-21-23(17)25-24-18(10-6-14-22(24)27-21)16-8-2-4-12-20(16)26(19)25/h1-14H. The minimum absolute atomic E-state index is 0.154. The Morgan fingerprint density at radius 1 is 0.519 bits per heavy atom. The Morgan fingerprint density at radius 2 is 1.00 bits per heavy atom. The number of hydrogen-bond acceptors (Lipinski definition) is 2. The molecule has 3 heterocycles. The molecule has 0 saturated carbocycles. The van der Waals surface area contributed by atoms with Gasteiger partial charge in [0.15, 0.2) is 0 Å². The number of ether oxygens (including phenoxy) is 1. The quantitative estimate of drug-likeness (QED) is 0.429. The smallest absolute Gasteiger partial charge is 0.337 e. The summed E-state index contributed by atoms with van der Waals surface area (Å²) in [6, 6.07) is 30.3. The van der Waals surface area contributed by atoms with E-state index in [0.29, 0.717) is 0 Å². The second-order valence-electron chi connectivity index (χ2n) is 7.34. The van der Waals surface area contributed by atoms with Crippen molar-refractivity contribution in [2.45, 2.75) is 0 Å². The van der Waals surface area contributed by atoms with Crippen LogP contribution >= 0.6 is 0 Å². The van der Waals surface area contributed by atoms with Crippen molar-refractivity contribution in [2.24, 2.45) is 0 Å². The Hall–Kier alpha value is -3.46. The molecule has 3 heteroatoms. The maximum Gasteiger partial charge on any atom is 0.337 e. The minimum atomic E-state index is 0.154. The number of fused-ring (bicyclic) bond motifs is 6. The summed E-state index contributed by atoms with van der Waals surface area (Å²) in [5, 5.41) is 0. The van der Waals surface area contributed by atoms with Crippen LogP contribution in [-0.4, -0.2) is 6.85 Å². The number of para-hydroxylation sites is 2. The first-order chi connectivity index (χ1) is 13.4. The zero-order valence-corrected chi connectivity index (χ0v) is 14.5. The van der Waals surface area contributed by atoms with Gasteiger partial charge >= 0.3 is 6.85 Å². The topological polar surface area (TPSA) is 12.5 Å². The SMILES string of the molecule is c1ccc2c(c1)-c1cccc3c1B1c4c(cccc4-c4ccccc4N12)O3. The van der Waals surface area contributed by atoms with Gasteiger partial charge in [-0.15, -0.1) is 0 Å². The van der Waals surface area contributed by atoms with E-state index in [1.165, 1.54) is 44.6 Å². The molecule has 0 unspecified atom stereocenters. The van der Waals surface area contributed by atoms with E-state index in [1.807, 2.05) is 0 Å². The van der Waals surface area contributed by atoms with Gasteiger partial charge in [0, 0.05) is 33.4 Å². The molecule has 3 aliphatic heterocycles. The molecular weight excluding hydrogens is 329 g/mol. The summed E-state index contributed by atoms with van der Waals surface area (Å²) in [7, 11) is 0. The van der Waals surface area contributed by atoms with E-state index < -0.39 is 0 Å². The van der Waals surface area contributed by atoms with Crippen molar-refractivity contribution in [2.75, 3.05) is 4.81 Å². The molecule has 7 rings (SSSR count). The minimum Gasteiger partial charge on any atom is -0.458 e. The average molecular weight is 343 g/mol. The zero-order valence-electron chi connectivity index (χ0n) is 14.5. The molecule has 0 atom stereocenters. The van der Waals surface area contributed by atoms with Gasteiger partial charge in [-0.25, -0.2) is 0 Å². The van der Waals surface area contributed by atoms with Gasteiger partial charge < -0.3 is 9.55 Å². The number of anilines is 2.